The molecule has 0 aliphatic carbocycles. The largest absolute Gasteiger partial charge is 0.375 e. The Labute approximate surface area is 67.1 Å². The summed E-state index contributed by atoms with van der Waals surface area (Å²) in [5, 5.41) is 3.45. The quantitative estimate of drug-likeness (QED) is 0.543. The monoisotopic (exact) mass is 157 g/mol. The van der Waals surface area contributed by atoms with Crippen molar-refractivity contribution in [3.63, 3.8) is 0 Å². The van der Waals surface area contributed by atoms with Crippen molar-refractivity contribution in [1.29, 1.82) is 0 Å². The third-order valence-corrected chi connectivity index (χ3v) is 2.86. The van der Waals surface area contributed by atoms with E-state index in [0.717, 1.165) is 26.4 Å². The summed E-state index contributed by atoms with van der Waals surface area (Å²) in [5.41, 5.74) is 0.0365. The first-order valence-electron chi connectivity index (χ1n) is 4.13. The molecule has 0 aromatic heterocycles. The Bertz CT molecular complexity index is 163. The van der Waals surface area contributed by atoms with Crippen LogP contribution in [0.15, 0.2) is 0 Å². The summed E-state index contributed by atoms with van der Waals surface area (Å²) in [5.74, 6) is 0. The van der Waals surface area contributed by atoms with Crippen LogP contribution in [0.2, 0.25) is 0 Å². The number of hydrogen-bond donors (Lipinski definition) is 1. The maximum Gasteiger partial charge on any atom is 0.132 e. The van der Waals surface area contributed by atoms with Crippen molar-refractivity contribution in [2.75, 3.05) is 26.4 Å². The molecule has 2 aliphatic heterocycles. The summed E-state index contributed by atoms with van der Waals surface area (Å²) < 4.78 is 10.9. The van der Waals surface area contributed by atoms with Gasteiger partial charge in [-0.3, -0.25) is 0 Å². The van der Waals surface area contributed by atoms with Gasteiger partial charge in [0.1, 0.15) is 5.60 Å². The first-order valence-corrected chi connectivity index (χ1v) is 4.13. The molecule has 11 heavy (non-hydrogen) atoms. The topological polar surface area (TPSA) is 30.5 Å². The summed E-state index contributed by atoms with van der Waals surface area (Å²) >= 11 is 0. The van der Waals surface area contributed by atoms with E-state index in [1.807, 2.05) is 0 Å². The summed E-state index contributed by atoms with van der Waals surface area (Å²) in [7, 11) is 0. The first kappa shape index (κ1) is 7.53. The van der Waals surface area contributed by atoms with Crippen molar-refractivity contribution in [3.05, 3.63) is 0 Å². The van der Waals surface area contributed by atoms with Gasteiger partial charge >= 0.3 is 0 Å². The Balaban J connectivity index is 2.15. The molecule has 0 amide bonds. The average molecular weight is 157 g/mol. The molecule has 2 saturated heterocycles. The molecule has 2 aliphatic rings. The van der Waals surface area contributed by atoms with Gasteiger partial charge in [-0.05, 0) is 13.8 Å². The van der Waals surface area contributed by atoms with Gasteiger partial charge < -0.3 is 14.8 Å². The fourth-order valence-electron chi connectivity index (χ4n) is 1.68. The minimum atomic E-state index is -0.0365. The molecule has 0 aromatic rings. The van der Waals surface area contributed by atoms with Gasteiger partial charge in [-0.25, -0.2) is 0 Å². The molecule has 0 aromatic carbocycles. The van der Waals surface area contributed by atoms with Crippen LogP contribution in [0.1, 0.15) is 13.8 Å². The summed E-state index contributed by atoms with van der Waals surface area (Å²) in [6.07, 6.45) is 0. The highest BCUT2D eigenvalue weighted by Gasteiger charge is 2.53. The van der Waals surface area contributed by atoms with Gasteiger partial charge in [0.25, 0.3) is 0 Å². The molecule has 0 unspecified atom stereocenters. The van der Waals surface area contributed by atoms with Crippen molar-refractivity contribution >= 4 is 0 Å². The molecule has 3 heteroatoms. The van der Waals surface area contributed by atoms with Gasteiger partial charge in [0, 0.05) is 12.1 Å². The second-order valence-corrected chi connectivity index (χ2v) is 3.89. The Kier molecular flexibility index (Phi) is 1.50. The van der Waals surface area contributed by atoms with E-state index in [0.29, 0.717) is 0 Å². The SMILES string of the molecule is CC1(C)NCCOC12COC2. The molecular formula is C8H15NO2. The molecule has 0 radical (unpaired) electrons. The molecule has 1 spiro atoms. The molecule has 1 N–H and O–H groups in total. The lowest BCUT2D eigenvalue weighted by Crippen LogP contribution is -2.73. The van der Waals surface area contributed by atoms with E-state index >= 15 is 0 Å². The zero-order chi connectivity index (χ0) is 7.95. The Morgan fingerprint density at radius 2 is 2.00 bits per heavy atom. The molecule has 2 heterocycles. The van der Waals surface area contributed by atoms with E-state index < -0.39 is 0 Å². The summed E-state index contributed by atoms with van der Waals surface area (Å²) in [6.45, 7) is 7.60. The van der Waals surface area contributed by atoms with Gasteiger partial charge in [-0.2, -0.15) is 0 Å². The van der Waals surface area contributed by atoms with E-state index in [4.69, 9.17) is 9.47 Å². The molecule has 0 bridgehead atoms. The van der Waals surface area contributed by atoms with Crippen molar-refractivity contribution < 1.29 is 9.47 Å². The standard InChI is InChI=1S/C8H15NO2/c1-7(2)8(5-10-6-8)11-4-3-9-7/h9H,3-6H2,1-2H3. The predicted octanol–water partition coefficient (Wildman–Crippen LogP) is 0.154. The summed E-state index contributed by atoms with van der Waals surface area (Å²) in [4.78, 5) is 0. The molecule has 2 fully saturated rings. The number of hydrogen-bond acceptors (Lipinski definition) is 3. The maximum absolute atomic E-state index is 5.73. The fourth-order valence-corrected chi connectivity index (χ4v) is 1.68. The minimum Gasteiger partial charge on any atom is -0.375 e. The first-order chi connectivity index (χ1) is 5.16. The van der Waals surface area contributed by atoms with Crippen molar-refractivity contribution in [2.24, 2.45) is 0 Å². The predicted molar refractivity (Wildman–Crippen MR) is 41.6 cm³/mol. The lowest BCUT2D eigenvalue weighted by Gasteiger charge is -2.54. The van der Waals surface area contributed by atoms with Gasteiger partial charge in [0.15, 0.2) is 0 Å². The lowest BCUT2D eigenvalue weighted by molar-refractivity contribution is -0.257. The molecule has 3 nitrogen and oxygen atoms in total. The van der Waals surface area contributed by atoms with Crippen LogP contribution in [-0.4, -0.2) is 37.5 Å². The fraction of sp³-hybridized carbons (Fsp3) is 1.00. The minimum absolute atomic E-state index is 0.0365. The van der Waals surface area contributed by atoms with E-state index in [1.54, 1.807) is 0 Å². The number of rotatable bonds is 0. The van der Waals surface area contributed by atoms with Gasteiger partial charge in [-0.1, -0.05) is 0 Å². The molecule has 0 atom stereocenters. The molecule has 0 saturated carbocycles. The third-order valence-electron chi connectivity index (χ3n) is 2.86. The number of ether oxygens (including phenoxy) is 2. The van der Waals surface area contributed by atoms with Crippen LogP contribution < -0.4 is 5.32 Å². The van der Waals surface area contributed by atoms with E-state index in [2.05, 4.69) is 19.2 Å². The normalized spacial score (nSPS) is 33.3. The number of morpholine rings is 1. The zero-order valence-electron chi connectivity index (χ0n) is 7.14. The van der Waals surface area contributed by atoms with Crippen LogP contribution in [0.25, 0.3) is 0 Å². The maximum atomic E-state index is 5.73. The highest BCUT2D eigenvalue weighted by Crippen LogP contribution is 2.35. The van der Waals surface area contributed by atoms with E-state index in [1.165, 1.54) is 0 Å². The second kappa shape index (κ2) is 2.19. The van der Waals surface area contributed by atoms with Gasteiger partial charge in [-0.15, -0.1) is 0 Å². The second-order valence-electron chi connectivity index (χ2n) is 3.89. The highest BCUT2D eigenvalue weighted by atomic mass is 16.6. The highest BCUT2D eigenvalue weighted by molar-refractivity contribution is 5.07. The van der Waals surface area contributed by atoms with Crippen LogP contribution in [0, 0.1) is 0 Å². The third kappa shape index (κ3) is 0.916. The van der Waals surface area contributed by atoms with Gasteiger partial charge in [0.05, 0.1) is 19.8 Å². The smallest absolute Gasteiger partial charge is 0.132 e. The average Bonchev–Trinajstić information content (AvgIpc) is 1.83. The Morgan fingerprint density at radius 1 is 1.27 bits per heavy atom. The van der Waals surface area contributed by atoms with Crippen molar-refractivity contribution in [2.45, 2.75) is 25.0 Å². The Morgan fingerprint density at radius 3 is 2.36 bits per heavy atom. The van der Waals surface area contributed by atoms with Crippen LogP contribution in [-0.2, 0) is 9.47 Å². The lowest BCUT2D eigenvalue weighted by atomic mass is 9.79. The Hall–Kier alpha value is -0.120. The van der Waals surface area contributed by atoms with E-state index in [9.17, 15) is 0 Å². The van der Waals surface area contributed by atoms with Crippen LogP contribution in [0.4, 0.5) is 0 Å². The van der Waals surface area contributed by atoms with Crippen LogP contribution in [0.3, 0.4) is 0 Å². The van der Waals surface area contributed by atoms with Crippen LogP contribution in [0.5, 0.6) is 0 Å². The molecular weight excluding hydrogens is 142 g/mol. The van der Waals surface area contributed by atoms with Gasteiger partial charge in [0.2, 0.25) is 0 Å². The molecule has 2 rings (SSSR count). The van der Waals surface area contributed by atoms with E-state index in [-0.39, 0.29) is 11.1 Å². The number of nitrogens with one attached hydrogen (secondary N) is 1. The summed E-state index contributed by atoms with van der Waals surface area (Å²) in [6, 6.07) is 0. The molecule has 64 valence electrons. The van der Waals surface area contributed by atoms with Crippen molar-refractivity contribution in [1.82, 2.24) is 5.32 Å². The van der Waals surface area contributed by atoms with Crippen LogP contribution >= 0.6 is 0 Å². The van der Waals surface area contributed by atoms with Crippen molar-refractivity contribution in [3.8, 4) is 0 Å². The zero-order valence-corrected chi connectivity index (χ0v) is 7.14.